The molecule has 78 valence electrons. The Bertz CT molecular complexity index is 396. The predicted octanol–water partition coefficient (Wildman–Crippen LogP) is 0.938. The fraction of sp³-hybridized carbons (Fsp3) is 0.273. The minimum Gasteiger partial charge on any atom is -0.465 e. The topological polar surface area (TPSA) is 42.4 Å². The number of carbonyl (C=O) groups excluding carboxylic acids is 1. The molecule has 0 bridgehead atoms. The average molecular weight is 204 g/mol. The number of anilines is 1. The lowest BCUT2D eigenvalue weighted by atomic mass is 10.2. The predicted molar refractivity (Wildman–Crippen MR) is 57.7 cm³/mol. The normalized spacial score (nSPS) is 9.13. The van der Waals surface area contributed by atoms with Gasteiger partial charge in [0.1, 0.15) is 5.82 Å². The van der Waals surface area contributed by atoms with E-state index in [0.29, 0.717) is 17.9 Å². The van der Waals surface area contributed by atoms with Gasteiger partial charge in [0.15, 0.2) is 0 Å². The van der Waals surface area contributed by atoms with Gasteiger partial charge in [0.25, 0.3) is 0 Å². The number of pyridine rings is 1. The molecule has 1 heterocycles. The highest BCUT2D eigenvalue weighted by molar-refractivity contribution is 5.90. The first kappa shape index (κ1) is 11.1. The summed E-state index contributed by atoms with van der Waals surface area (Å²) >= 11 is 0. The third-order valence-electron chi connectivity index (χ3n) is 1.89. The van der Waals surface area contributed by atoms with Crippen LogP contribution in [-0.2, 0) is 4.74 Å². The number of rotatable bonds is 3. The quantitative estimate of drug-likeness (QED) is 0.542. The van der Waals surface area contributed by atoms with Gasteiger partial charge in [-0.3, -0.25) is 0 Å². The van der Waals surface area contributed by atoms with Gasteiger partial charge in [0, 0.05) is 13.2 Å². The van der Waals surface area contributed by atoms with Crippen molar-refractivity contribution in [2.75, 3.05) is 25.6 Å². The van der Waals surface area contributed by atoms with Crippen molar-refractivity contribution in [3.05, 3.63) is 23.9 Å². The van der Waals surface area contributed by atoms with Gasteiger partial charge in [-0.1, -0.05) is 5.92 Å². The van der Waals surface area contributed by atoms with Gasteiger partial charge in [-0.05, 0) is 12.1 Å². The maximum atomic E-state index is 11.2. The first-order chi connectivity index (χ1) is 7.19. The Morgan fingerprint density at radius 3 is 3.07 bits per heavy atom. The third kappa shape index (κ3) is 2.71. The summed E-state index contributed by atoms with van der Waals surface area (Å²) in [4.78, 5) is 17.1. The van der Waals surface area contributed by atoms with Gasteiger partial charge in [-0.25, -0.2) is 9.78 Å². The number of hydrogen-bond acceptors (Lipinski definition) is 4. The Morgan fingerprint density at radius 1 is 1.73 bits per heavy atom. The number of aromatic nitrogens is 1. The first-order valence-electron chi connectivity index (χ1n) is 4.38. The summed E-state index contributed by atoms with van der Waals surface area (Å²) in [5.41, 5.74) is 0.464. The fourth-order valence-corrected chi connectivity index (χ4v) is 1.09. The van der Waals surface area contributed by atoms with E-state index in [1.54, 1.807) is 23.2 Å². The van der Waals surface area contributed by atoms with Gasteiger partial charge < -0.3 is 9.64 Å². The molecule has 0 spiro atoms. The molecule has 1 aromatic heterocycles. The number of esters is 1. The summed E-state index contributed by atoms with van der Waals surface area (Å²) in [6, 6.07) is 3.24. The van der Waals surface area contributed by atoms with Crippen LogP contribution in [0.25, 0.3) is 0 Å². The number of hydrogen-bond donors (Lipinski definition) is 0. The molecule has 0 aliphatic rings. The summed E-state index contributed by atoms with van der Waals surface area (Å²) in [5.74, 6) is 2.77. The summed E-state index contributed by atoms with van der Waals surface area (Å²) in [6.45, 7) is 0.442. The molecule has 0 fully saturated rings. The maximum absolute atomic E-state index is 11.2. The standard InChI is InChI=1S/C11H12N2O2/c1-4-7-13(2)10-8-9(5-6-12-10)11(14)15-3/h1,5-6,8H,7H2,2-3H3. The van der Waals surface area contributed by atoms with E-state index in [9.17, 15) is 4.79 Å². The van der Waals surface area contributed by atoms with E-state index in [0.717, 1.165) is 0 Å². The second-order valence-electron chi connectivity index (χ2n) is 2.95. The molecule has 1 aromatic rings. The number of ether oxygens (including phenoxy) is 1. The second kappa shape index (κ2) is 5.01. The third-order valence-corrected chi connectivity index (χ3v) is 1.89. The van der Waals surface area contributed by atoms with Crippen LogP contribution in [0.3, 0.4) is 0 Å². The molecule has 0 aliphatic carbocycles. The smallest absolute Gasteiger partial charge is 0.338 e. The lowest BCUT2D eigenvalue weighted by Crippen LogP contribution is -2.18. The van der Waals surface area contributed by atoms with Crippen LogP contribution < -0.4 is 4.90 Å². The van der Waals surface area contributed by atoms with Crippen LogP contribution in [0.2, 0.25) is 0 Å². The van der Waals surface area contributed by atoms with Crippen molar-refractivity contribution < 1.29 is 9.53 Å². The van der Waals surface area contributed by atoms with Crippen molar-refractivity contribution in [1.29, 1.82) is 0 Å². The molecule has 4 heteroatoms. The highest BCUT2D eigenvalue weighted by Crippen LogP contribution is 2.11. The van der Waals surface area contributed by atoms with E-state index < -0.39 is 0 Å². The summed E-state index contributed by atoms with van der Waals surface area (Å²) in [5, 5.41) is 0. The average Bonchev–Trinajstić information content (AvgIpc) is 2.28. The van der Waals surface area contributed by atoms with Gasteiger partial charge in [-0.2, -0.15) is 0 Å². The minimum absolute atomic E-state index is 0.382. The van der Waals surface area contributed by atoms with E-state index in [1.165, 1.54) is 7.11 Å². The van der Waals surface area contributed by atoms with Gasteiger partial charge in [0.05, 0.1) is 19.2 Å². The first-order valence-corrected chi connectivity index (χ1v) is 4.38. The number of terminal acetylenes is 1. The monoisotopic (exact) mass is 204 g/mol. The van der Waals surface area contributed by atoms with E-state index in [-0.39, 0.29) is 5.97 Å². The van der Waals surface area contributed by atoms with Crippen LogP contribution >= 0.6 is 0 Å². The molecule has 0 amide bonds. The summed E-state index contributed by atoms with van der Waals surface area (Å²) in [6.07, 6.45) is 6.73. The lowest BCUT2D eigenvalue weighted by molar-refractivity contribution is 0.0600. The molecule has 0 atom stereocenters. The van der Waals surface area contributed by atoms with Gasteiger partial charge in [-0.15, -0.1) is 6.42 Å². The van der Waals surface area contributed by atoms with Crippen molar-refractivity contribution >= 4 is 11.8 Å². The molecule has 15 heavy (non-hydrogen) atoms. The Labute approximate surface area is 88.9 Å². The SMILES string of the molecule is C#CCN(C)c1cc(C(=O)OC)ccn1. The number of carbonyl (C=O) groups is 1. The van der Waals surface area contributed by atoms with Crippen molar-refractivity contribution in [2.45, 2.75) is 0 Å². The number of methoxy groups -OCH3 is 1. The Kier molecular flexibility index (Phi) is 3.69. The van der Waals surface area contributed by atoms with E-state index in [2.05, 4.69) is 15.6 Å². The molecule has 4 nitrogen and oxygen atoms in total. The maximum Gasteiger partial charge on any atom is 0.338 e. The molecule has 0 aliphatic heterocycles. The fourth-order valence-electron chi connectivity index (χ4n) is 1.09. The van der Waals surface area contributed by atoms with E-state index >= 15 is 0 Å². The van der Waals surface area contributed by atoms with Crippen molar-refractivity contribution in [1.82, 2.24) is 4.98 Å². The van der Waals surface area contributed by atoms with Gasteiger partial charge >= 0.3 is 5.97 Å². The van der Waals surface area contributed by atoms with Crippen molar-refractivity contribution in [3.8, 4) is 12.3 Å². The second-order valence-corrected chi connectivity index (χ2v) is 2.95. The summed E-state index contributed by atoms with van der Waals surface area (Å²) < 4.78 is 4.61. The number of nitrogens with zero attached hydrogens (tertiary/aromatic N) is 2. The van der Waals surface area contributed by atoms with E-state index in [1.807, 2.05) is 7.05 Å². The highest BCUT2D eigenvalue weighted by atomic mass is 16.5. The molecule has 0 radical (unpaired) electrons. The zero-order chi connectivity index (χ0) is 11.3. The Morgan fingerprint density at radius 2 is 2.47 bits per heavy atom. The van der Waals surface area contributed by atoms with Crippen LogP contribution in [0.1, 0.15) is 10.4 Å². The zero-order valence-electron chi connectivity index (χ0n) is 8.73. The van der Waals surface area contributed by atoms with E-state index in [4.69, 9.17) is 6.42 Å². The molecule has 0 saturated heterocycles. The van der Waals surface area contributed by atoms with Crippen LogP contribution in [0.5, 0.6) is 0 Å². The van der Waals surface area contributed by atoms with Gasteiger partial charge in [0.2, 0.25) is 0 Å². The van der Waals surface area contributed by atoms with Crippen LogP contribution in [-0.4, -0.2) is 31.7 Å². The largest absolute Gasteiger partial charge is 0.465 e. The van der Waals surface area contributed by atoms with Crippen LogP contribution in [0.15, 0.2) is 18.3 Å². The molecular formula is C11H12N2O2. The highest BCUT2D eigenvalue weighted by Gasteiger charge is 2.08. The van der Waals surface area contributed by atoms with Crippen molar-refractivity contribution in [2.24, 2.45) is 0 Å². The molecule has 1 rings (SSSR count). The van der Waals surface area contributed by atoms with Crippen molar-refractivity contribution in [3.63, 3.8) is 0 Å². The molecular weight excluding hydrogens is 192 g/mol. The molecule has 0 N–H and O–H groups in total. The minimum atomic E-state index is -0.382. The Balaban J connectivity index is 2.93. The van der Waals surface area contributed by atoms with Crippen LogP contribution in [0.4, 0.5) is 5.82 Å². The molecule has 0 saturated carbocycles. The molecule has 0 aromatic carbocycles. The Hall–Kier alpha value is -2.02. The molecule has 0 unspecified atom stereocenters. The summed E-state index contributed by atoms with van der Waals surface area (Å²) in [7, 11) is 3.15. The zero-order valence-corrected chi connectivity index (χ0v) is 8.73. The lowest BCUT2D eigenvalue weighted by Gasteiger charge is -2.14. The van der Waals surface area contributed by atoms with Crippen LogP contribution in [0, 0.1) is 12.3 Å².